The van der Waals surface area contributed by atoms with Crippen molar-refractivity contribution in [3.05, 3.63) is 102 Å². The van der Waals surface area contributed by atoms with E-state index in [-0.39, 0.29) is 36.5 Å². The van der Waals surface area contributed by atoms with E-state index in [9.17, 15) is 19.2 Å². The number of anilines is 1. The average molecular weight is 559 g/mol. The fourth-order valence-electron chi connectivity index (χ4n) is 4.17. The summed E-state index contributed by atoms with van der Waals surface area (Å²) in [6.07, 6.45) is 1.33. The van der Waals surface area contributed by atoms with E-state index in [2.05, 4.69) is 16.0 Å². The summed E-state index contributed by atoms with van der Waals surface area (Å²) < 4.78 is 5.99. The van der Waals surface area contributed by atoms with Crippen LogP contribution in [0.15, 0.2) is 84.9 Å². The van der Waals surface area contributed by atoms with E-state index in [1.165, 1.54) is 6.07 Å². The van der Waals surface area contributed by atoms with Crippen LogP contribution in [0.25, 0.3) is 0 Å². The second-order valence-electron chi connectivity index (χ2n) is 9.98. The summed E-state index contributed by atoms with van der Waals surface area (Å²) in [5, 5.41) is 8.00. The molecule has 0 aromatic heterocycles. The van der Waals surface area contributed by atoms with Crippen molar-refractivity contribution in [2.75, 3.05) is 18.4 Å². The van der Waals surface area contributed by atoms with Crippen molar-refractivity contribution in [2.24, 2.45) is 11.7 Å². The number of hydrogen-bond acceptors (Lipinski definition) is 5. The highest BCUT2D eigenvalue weighted by atomic mass is 16.5. The van der Waals surface area contributed by atoms with Crippen LogP contribution in [0.1, 0.15) is 47.7 Å². The first-order valence-electron chi connectivity index (χ1n) is 13.7. The van der Waals surface area contributed by atoms with Crippen molar-refractivity contribution >= 4 is 29.3 Å². The molecule has 0 aliphatic carbocycles. The van der Waals surface area contributed by atoms with Crippen molar-refractivity contribution in [1.82, 2.24) is 10.6 Å². The molecule has 2 unspecified atom stereocenters. The molecular formula is C32H38N4O5. The van der Waals surface area contributed by atoms with E-state index < -0.39 is 12.1 Å². The summed E-state index contributed by atoms with van der Waals surface area (Å²) in [5.41, 5.74) is 8.03. The number of rotatable bonds is 16. The molecule has 0 saturated carbocycles. The fraction of sp³-hybridized carbons (Fsp3) is 0.312. The minimum atomic E-state index is -0.710. The van der Waals surface area contributed by atoms with E-state index in [4.69, 9.17) is 10.5 Å². The Labute approximate surface area is 240 Å². The molecule has 0 fully saturated rings. The molecule has 3 aromatic rings. The Balaban J connectivity index is 1.41. The highest BCUT2D eigenvalue weighted by Gasteiger charge is 2.20. The van der Waals surface area contributed by atoms with Gasteiger partial charge in [0, 0.05) is 24.2 Å². The summed E-state index contributed by atoms with van der Waals surface area (Å²) in [6.45, 7) is 2.51. The third-order valence-electron chi connectivity index (χ3n) is 6.52. The molecule has 5 N–H and O–H groups in total. The van der Waals surface area contributed by atoms with Gasteiger partial charge in [-0.3, -0.25) is 14.4 Å². The van der Waals surface area contributed by atoms with Gasteiger partial charge in [-0.15, -0.1) is 0 Å². The molecule has 0 aliphatic rings. The standard InChI is InChI=1S/C32H38N4O5/c1-23(20-35-31(39)26-13-8-14-27(19-26)36-32(33)40)15-18-30(38)34-21-28(37)29(17-16-24-9-4-2-5-10-24)41-22-25-11-6-3-7-12-25/h2-14,19,23,29H,15-18,20-22H2,1H3,(H,34,38)(H,35,39)(H3,33,36,40). The molecule has 41 heavy (non-hydrogen) atoms. The van der Waals surface area contributed by atoms with Crippen LogP contribution in [-0.2, 0) is 27.4 Å². The molecule has 9 nitrogen and oxygen atoms in total. The fourth-order valence-corrected chi connectivity index (χ4v) is 4.17. The van der Waals surface area contributed by atoms with Crippen LogP contribution in [0.5, 0.6) is 0 Å². The topological polar surface area (TPSA) is 140 Å². The molecule has 2 atom stereocenters. The maximum atomic E-state index is 13.0. The van der Waals surface area contributed by atoms with Gasteiger partial charge >= 0.3 is 6.03 Å². The van der Waals surface area contributed by atoms with Crippen LogP contribution in [0.4, 0.5) is 10.5 Å². The third-order valence-corrected chi connectivity index (χ3v) is 6.52. The summed E-state index contributed by atoms with van der Waals surface area (Å²) in [7, 11) is 0. The maximum Gasteiger partial charge on any atom is 0.316 e. The van der Waals surface area contributed by atoms with E-state index in [0.717, 1.165) is 11.1 Å². The number of ether oxygens (including phenoxy) is 1. The number of amides is 4. The first-order valence-corrected chi connectivity index (χ1v) is 13.7. The second kappa shape index (κ2) is 16.6. The van der Waals surface area contributed by atoms with Gasteiger partial charge in [-0.25, -0.2) is 4.79 Å². The molecule has 0 saturated heterocycles. The summed E-state index contributed by atoms with van der Waals surface area (Å²) in [5.74, 6) is -0.664. The Morgan fingerprint density at radius 2 is 1.51 bits per heavy atom. The number of aryl methyl sites for hydroxylation is 1. The van der Waals surface area contributed by atoms with Gasteiger partial charge in [-0.1, -0.05) is 73.7 Å². The smallest absolute Gasteiger partial charge is 0.316 e. The summed E-state index contributed by atoms with van der Waals surface area (Å²) in [6, 6.07) is 25.3. The first kappa shape index (κ1) is 31.0. The van der Waals surface area contributed by atoms with Gasteiger partial charge in [0.25, 0.3) is 5.91 Å². The highest BCUT2D eigenvalue weighted by Crippen LogP contribution is 2.13. The number of nitrogens with one attached hydrogen (secondary N) is 3. The molecule has 216 valence electrons. The zero-order chi connectivity index (χ0) is 29.5. The van der Waals surface area contributed by atoms with Crippen LogP contribution in [0, 0.1) is 5.92 Å². The van der Waals surface area contributed by atoms with Crippen LogP contribution in [0.2, 0.25) is 0 Å². The van der Waals surface area contributed by atoms with Gasteiger partial charge in [0.05, 0.1) is 13.2 Å². The number of primary amides is 1. The number of urea groups is 1. The molecule has 3 aromatic carbocycles. The second-order valence-corrected chi connectivity index (χ2v) is 9.98. The molecule has 3 rings (SSSR count). The Morgan fingerprint density at radius 3 is 2.20 bits per heavy atom. The lowest BCUT2D eigenvalue weighted by atomic mass is 10.0. The highest BCUT2D eigenvalue weighted by molar-refractivity contribution is 5.96. The van der Waals surface area contributed by atoms with Crippen molar-refractivity contribution in [1.29, 1.82) is 0 Å². The monoisotopic (exact) mass is 558 g/mol. The molecule has 0 radical (unpaired) electrons. The largest absolute Gasteiger partial charge is 0.366 e. The van der Waals surface area contributed by atoms with Gasteiger partial charge in [0.2, 0.25) is 5.91 Å². The number of carbonyl (C=O) groups excluding carboxylic acids is 4. The number of benzene rings is 3. The van der Waals surface area contributed by atoms with E-state index in [0.29, 0.717) is 43.7 Å². The number of carbonyl (C=O) groups is 4. The zero-order valence-electron chi connectivity index (χ0n) is 23.3. The summed E-state index contributed by atoms with van der Waals surface area (Å²) >= 11 is 0. The van der Waals surface area contributed by atoms with Gasteiger partial charge in [0.1, 0.15) is 6.10 Å². The average Bonchev–Trinajstić information content (AvgIpc) is 2.98. The van der Waals surface area contributed by atoms with Crippen LogP contribution < -0.4 is 21.7 Å². The normalized spacial score (nSPS) is 12.1. The molecule has 9 heteroatoms. The number of nitrogens with two attached hydrogens (primary N) is 1. The predicted molar refractivity (Wildman–Crippen MR) is 158 cm³/mol. The van der Waals surface area contributed by atoms with Crippen molar-refractivity contribution in [3.8, 4) is 0 Å². The maximum absolute atomic E-state index is 13.0. The summed E-state index contributed by atoms with van der Waals surface area (Å²) in [4.78, 5) is 49.0. The zero-order valence-corrected chi connectivity index (χ0v) is 23.3. The van der Waals surface area contributed by atoms with Crippen molar-refractivity contribution in [3.63, 3.8) is 0 Å². The lowest BCUT2D eigenvalue weighted by Gasteiger charge is -2.18. The molecule has 0 aliphatic heterocycles. The van der Waals surface area contributed by atoms with Crippen LogP contribution in [-0.4, -0.2) is 42.8 Å². The first-order chi connectivity index (χ1) is 19.8. The molecule has 0 spiro atoms. The SMILES string of the molecule is CC(CCC(=O)NCC(=O)C(CCc1ccccc1)OCc1ccccc1)CNC(=O)c1cccc(NC(N)=O)c1. The van der Waals surface area contributed by atoms with Gasteiger partial charge in [-0.2, -0.15) is 0 Å². The van der Waals surface area contributed by atoms with Crippen LogP contribution in [0.3, 0.4) is 0 Å². The minimum absolute atomic E-state index is 0.0279. The Hall–Kier alpha value is -4.50. The number of Topliss-reactive ketones (excluding diaryl/α,β-unsaturated/α-hetero) is 1. The minimum Gasteiger partial charge on any atom is -0.366 e. The molecule has 4 amide bonds. The quantitative estimate of drug-likeness (QED) is 0.208. The number of ketones is 1. The molecule has 0 bridgehead atoms. The van der Waals surface area contributed by atoms with Gasteiger partial charge < -0.3 is 26.4 Å². The lowest BCUT2D eigenvalue weighted by molar-refractivity contribution is -0.133. The Kier molecular flexibility index (Phi) is 12.5. The van der Waals surface area contributed by atoms with E-state index >= 15 is 0 Å². The lowest BCUT2D eigenvalue weighted by Crippen LogP contribution is -2.37. The van der Waals surface area contributed by atoms with Crippen molar-refractivity contribution < 1.29 is 23.9 Å². The number of hydrogen-bond donors (Lipinski definition) is 4. The predicted octanol–water partition coefficient (Wildman–Crippen LogP) is 4.23. The van der Waals surface area contributed by atoms with E-state index in [1.54, 1.807) is 18.2 Å². The van der Waals surface area contributed by atoms with Crippen molar-refractivity contribution in [2.45, 2.75) is 45.3 Å². The van der Waals surface area contributed by atoms with E-state index in [1.807, 2.05) is 67.6 Å². The van der Waals surface area contributed by atoms with Gasteiger partial charge in [-0.05, 0) is 54.5 Å². The Morgan fingerprint density at radius 1 is 0.829 bits per heavy atom. The van der Waals surface area contributed by atoms with Crippen LogP contribution >= 0.6 is 0 Å². The molecular weight excluding hydrogens is 520 g/mol. The Bertz CT molecular complexity index is 1240. The third kappa shape index (κ3) is 11.6. The van der Waals surface area contributed by atoms with Gasteiger partial charge in [0.15, 0.2) is 5.78 Å². The molecule has 0 heterocycles.